The molecule has 1 spiro atoms. The van der Waals surface area contributed by atoms with Crippen LogP contribution in [0.2, 0.25) is 5.02 Å². The molecule has 16 nitrogen and oxygen atoms in total. The Balaban J connectivity index is 0.688. The average Bonchev–Trinajstić information content (AvgIpc) is 3.81. The van der Waals surface area contributed by atoms with Crippen molar-refractivity contribution in [3.05, 3.63) is 75.5 Å². The zero-order valence-electron chi connectivity index (χ0n) is 39.5. The number of para-hydroxylation sites is 1. The van der Waals surface area contributed by atoms with Crippen LogP contribution >= 0.6 is 22.9 Å². The fourth-order valence-electron chi connectivity index (χ4n) is 9.89. The second-order valence-electron chi connectivity index (χ2n) is 18.6. The van der Waals surface area contributed by atoms with Gasteiger partial charge in [0, 0.05) is 83.4 Å². The van der Waals surface area contributed by atoms with Gasteiger partial charge in [0.05, 0.1) is 36.1 Å². The highest BCUT2D eigenvalue weighted by Crippen LogP contribution is 2.42. The van der Waals surface area contributed by atoms with E-state index in [-0.39, 0.29) is 47.8 Å². The van der Waals surface area contributed by atoms with Crippen LogP contribution in [0, 0.1) is 19.3 Å². The summed E-state index contributed by atoms with van der Waals surface area (Å²) in [6.45, 7) is 11.7. The molecule has 4 fully saturated rings. The van der Waals surface area contributed by atoms with Crippen LogP contribution in [0.4, 0.5) is 28.1 Å². The van der Waals surface area contributed by atoms with Gasteiger partial charge in [0.15, 0.2) is 5.13 Å². The number of aromatic nitrogens is 3. The number of Topliss-reactive ketones (excluding diaryl/α,β-unsaturated/α-hetero) is 1. The topological polar surface area (TPSA) is 174 Å². The third-order valence-electron chi connectivity index (χ3n) is 14.1. The number of ether oxygens (including phenoxy) is 1. The third kappa shape index (κ3) is 12.0. The van der Waals surface area contributed by atoms with Crippen molar-refractivity contribution < 1.29 is 28.7 Å². The largest absolute Gasteiger partial charge is 0.495 e. The lowest BCUT2D eigenvalue weighted by atomic mass is 9.71. The van der Waals surface area contributed by atoms with Gasteiger partial charge in [-0.2, -0.15) is 0 Å². The minimum atomic E-state index is -0.273. The van der Waals surface area contributed by atoms with E-state index in [9.17, 15) is 24.0 Å². The highest BCUT2D eigenvalue weighted by atomic mass is 35.5. The van der Waals surface area contributed by atoms with E-state index in [1.54, 1.807) is 35.4 Å². The van der Waals surface area contributed by atoms with Gasteiger partial charge in [-0.15, -0.1) is 0 Å². The number of likely N-dealkylation sites (tertiary alicyclic amines) is 2. The molecule has 18 heteroatoms. The van der Waals surface area contributed by atoms with Crippen molar-refractivity contribution in [3.8, 4) is 5.75 Å². The highest BCUT2D eigenvalue weighted by molar-refractivity contribution is 7.17. The number of ketones is 1. The first-order valence-electron chi connectivity index (χ1n) is 24.1. The van der Waals surface area contributed by atoms with E-state index >= 15 is 0 Å². The third-order valence-corrected chi connectivity index (χ3v) is 15.3. The van der Waals surface area contributed by atoms with Gasteiger partial charge in [0.25, 0.3) is 11.8 Å². The molecule has 0 radical (unpaired) electrons. The van der Waals surface area contributed by atoms with Crippen molar-refractivity contribution in [2.45, 2.75) is 90.9 Å². The average molecular weight is 968 g/mol. The summed E-state index contributed by atoms with van der Waals surface area (Å²) in [4.78, 5) is 88.8. The molecule has 2 N–H and O–H groups in total. The Labute approximate surface area is 407 Å². The molecule has 4 aliphatic rings. The maximum atomic E-state index is 13.7. The summed E-state index contributed by atoms with van der Waals surface area (Å²) in [6, 6.07) is 12.6. The maximum absolute atomic E-state index is 13.7. The zero-order chi connectivity index (χ0) is 47.8. The van der Waals surface area contributed by atoms with E-state index in [1.807, 2.05) is 36.9 Å². The molecule has 4 saturated heterocycles. The fraction of sp³-hybridized carbons (Fsp3) is 0.520. The normalized spacial score (nSPS) is 17.7. The highest BCUT2D eigenvalue weighted by Gasteiger charge is 2.40. The van der Waals surface area contributed by atoms with Crippen molar-refractivity contribution in [2.24, 2.45) is 5.41 Å². The first-order valence-corrected chi connectivity index (χ1v) is 25.3. The van der Waals surface area contributed by atoms with Crippen molar-refractivity contribution >= 4 is 80.5 Å². The van der Waals surface area contributed by atoms with Gasteiger partial charge in [0.2, 0.25) is 11.8 Å². The Hall–Kier alpha value is -5.65. The first-order chi connectivity index (χ1) is 32.9. The van der Waals surface area contributed by atoms with Crippen LogP contribution in [0.1, 0.15) is 108 Å². The standard InChI is InChI=1S/C50H63ClN10O6S/c1-34-10-9-11-38(51)46(34)56-47(65)41-33-52-49(68-41)55-42-32-43(54-35(2)53-42)58-28-26-57(27-29-58)20-8-6-4-5-7-12-44(63)59-22-16-50(17-23-59)18-24-60(25-19-50)48(66)36-13-14-40(67-3)39(30-36)61-21-15-37(62)31-45(61)64/h9-11,13-14,30,32-33H,4-8,12,15-29,31H2,1-3H3,(H,56,65)(H,52,53,54,55). The summed E-state index contributed by atoms with van der Waals surface area (Å²) in [5.74, 6) is 2.24. The number of aryl methyl sites for hydroxylation is 2. The number of carbonyl (C=O) groups is 5. The lowest BCUT2D eigenvalue weighted by molar-refractivity contribution is -0.134. The summed E-state index contributed by atoms with van der Waals surface area (Å²) >= 11 is 7.56. The Bertz CT molecular complexity index is 2460. The molecule has 2 aromatic carbocycles. The van der Waals surface area contributed by atoms with Crippen molar-refractivity contribution in [3.63, 3.8) is 0 Å². The Morgan fingerprint density at radius 2 is 1.56 bits per heavy atom. The molecule has 0 aliphatic carbocycles. The van der Waals surface area contributed by atoms with Crippen LogP contribution in [-0.4, -0.2) is 132 Å². The number of thiazole rings is 1. The van der Waals surface area contributed by atoms with Crippen molar-refractivity contribution in [1.29, 1.82) is 0 Å². The number of anilines is 5. The SMILES string of the molecule is COc1ccc(C(=O)N2CCC3(CCN(C(=O)CCCCCCCN4CCN(c5cc(Nc6ncc(C(=O)Nc7c(C)cccc7Cl)s6)nc(C)n5)CC4)CC3)CC2)cc1N1CCC(=O)CC1=O. The number of rotatable bonds is 16. The molecule has 68 heavy (non-hydrogen) atoms. The number of nitrogens with one attached hydrogen (secondary N) is 2. The predicted molar refractivity (Wildman–Crippen MR) is 266 cm³/mol. The van der Waals surface area contributed by atoms with Crippen LogP contribution in [0.3, 0.4) is 0 Å². The van der Waals surface area contributed by atoms with Gasteiger partial charge in [-0.25, -0.2) is 15.0 Å². The molecule has 0 atom stereocenters. The van der Waals surface area contributed by atoms with Crippen molar-refractivity contribution in [2.75, 3.05) is 93.0 Å². The van der Waals surface area contributed by atoms with E-state index in [4.69, 9.17) is 21.3 Å². The van der Waals surface area contributed by atoms with Gasteiger partial charge in [-0.3, -0.25) is 28.9 Å². The predicted octanol–water partition coefficient (Wildman–Crippen LogP) is 7.91. The number of piperazine rings is 1. The van der Waals surface area contributed by atoms with Gasteiger partial charge in [-0.1, -0.05) is 54.3 Å². The Kier molecular flexibility index (Phi) is 15.9. The van der Waals surface area contributed by atoms with Gasteiger partial charge in [0.1, 0.15) is 33.9 Å². The summed E-state index contributed by atoms with van der Waals surface area (Å²) in [5.41, 5.74) is 2.67. The molecular formula is C50H63ClN10O6S. The number of piperidine rings is 3. The van der Waals surface area contributed by atoms with Crippen LogP contribution < -0.4 is 25.2 Å². The van der Waals surface area contributed by atoms with Crippen LogP contribution in [0.15, 0.2) is 48.7 Å². The summed E-state index contributed by atoms with van der Waals surface area (Å²) in [7, 11) is 1.54. The molecule has 6 heterocycles. The first kappa shape index (κ1) is 48.8. The Morgan fingerprint density at radius 3 is 2.28 bits per heavy atom. The Morgan fingerprint density at radius 1 is 0.838 bits per heavy atom. The number of carbonyl (C=O) groups excluding carboxylic acids is 5. The zero-order valence-corrected chi connectivity index (χ0v) is 41.1. The van der Waals surface area contributed by atoms with E-state index in [0.29, 0.717) is 75.3 Å². The summed E-state index contributed by atoms with van der Waals surface area (Å²) in [5, 5.41) is 7.21. The number of nitrogens with zero attached hydrogens (tertiary/aromatic N) is 8. The fourth-order valence-corrected chi connectivity index (χ4v) is 10.9. The van der Waals surface area contributed by atoms with Gasteiger partial charge < -0.3 is 35.0 Å². The minimum absolute atomic E-state index is 0.0612. The second kappa shape index (κ2) is 22.2. The minimum Gasteiger partial charge on any atom is -0.495 e. The van der Waals surface area contributed by atoms with E-state index in [0.717, 1.165) is 115 Å². The second-order valence-corrected chi connectivity index (χ2v) is 20.1. The molecular weight excluding hydrogens is 904 g/mol. The van der Waals surface area contributed by atoms with Crippen LogP contribution in [0.25, 0.3) is 0 Å². The lowest BCUT2D eigenvalue weighted by Crippen LogP contribution is -2.49. The van der Waals surface area contributed by atoms with E-state index < -0.39 is 0 Å². The maximum Gasteiger partial charge on any atom is 0.267 e. The molecule has 0 unspecified atom stereocenters. The number of hydrogen-bond acceptors (Lipinski definition) is 13. The monoisotopic (exact) mass is 966 g/mol. The number of unbranched alkanes of at least 4 members (excludes halogenated alkanes) is 4. The number of methoxy groups -OCH3 is 1. The van der Waals surface area contributed by atoms with Crippen LogP contribution in [0.5, 0.6) is 5.75 Å². The smallest absolute Gasteiger partial charge is 0.267 e. The molecule has 0 bridgehead atoms. The molecule has 4 aliphatic heterocycles. The van der Waals surface area contributed by atoms with Gasteiger partial charge in [-0.05, 0) is 94.2 Å². The number of benzene rings is 2. The van der Waals surface area contributed by atoms with Crippen LogP contribution in [-0.2, 0) is 14.4 Å². The van der Waals surface area contributed by atoms with E-state index in [1.165, 1.54) is 18.4 Å². The van der Waals surface area contributed by atoms with Gasteiger partial charge >= 0.3 is 0 Å². The molecule has 0 saturated carbocycles. The molecule has 4 amide bonds. The molecule has 362 valence electrons. The van der Waals surface area contributed by atoms with Crippen molar-refractivity contribution in [1.82, 2.24) is 29.7 Å². The number of amides is 4. The van der Waals surface area contributed by atoms with E-state index in [2.05, 4.69) is 35.3 Å². The summed E-state index contributed by atoms with van der Waals surface area (Å²) < 4.78 is 5.51. The lowest BCUT2D eigenvalue weighted by Gasteiger charge is -2.47. The summed E-state index contributed by atoms with van der Waals surface area (Å²) in [6.07, 6.45) is 11.5. The molecule has 2 aromatic heterocycles. The molecule has 8 rings (SSSR count). The number of hydrogen-bond donors (Lipinski definition) is 2. The molecule has 4 aromatic rings. The quantitative estimate of drug-likeness (QED) is 0.0822. The number of halogens is 1.